The summed E-state index contributed by atoms with van der Waals surface area (Å²) >= 11 is 0. The Hall–Kier alpha value is -2.18. The van der Waals surface area contributed by atoms with Crippen molar-refractivity contribution in [1.82, 2.24) is 9.80 Å². The van der Waals surface area contributed by atoms with Crippen LogP contribution in [0.5, 0.6) is 0 Å². The summed E-state index contributed by atoms with van der Waals surface area (Å²) in [6, 6.07) is 3.15. The number of hydrogen-bond acceptors (Lipinski definition) is 3. The van der Waals surface area contributed by atoms with Crippen LogP contribution in [0, 0.1) is 11.6 Å². The van der Waals surface area contributed by atoms with Crippen LogP contribution in [0.1, 0.15) is 26.2 Å². The Bertz CT molecular complexity index is 706. The molecule has 7 heteroatoms. The third kappa shape index (κ3) is 1.96. The smallest absolute Gasteiger partial charge is 0.327 e. The molecule has 1 aromatic rings. The number of hydrogen-bond donors (Lipinski definition) is 0. The number of anilines is 1. The second-order valence-corrected chi connectivity index (χ2v) is 6.95. The summed E-state index contributed by atoms with van der Waals surface area (Å²) in [5, 5.41) is 0. The Morgan fingerprint density at radius 2 is 1.88 bits per heavy atom. The van der Waals surface area contributed by atoms with Crippen LogP contribution in [0.15, 0.2) is 18.2 Å². The van der Waals surface area contributed by atoms with Gasteiger partial charge in [-0.1, -0.05) is 6.07 Å². The fourth-order valence-corrected chi connectivity index (χ4v) is 4.24. The Labute approximate surface area is 138 Å². The lowest BCUT2D eigenvalue weighted by atomic mass is 9.99. The van der Waals surface area contributed by atoms with Crippen molar-refractivity contribution in [3.63, 3.8) is 0 Å². The van der Waals surface area contributed by atoms with Crippen molar-refractivity contribution < 1.29 is 18.4 Å². The molecule has 2 atom stereocenters. The van der Waals surface area contributed by atoms with E-state index in [1.54, 1.807) is 9.80 Å². The van der Waals surface area contributed by atoms with Crippen molar-refractivity contribution >= 4 is 17.6 Å². The molecule has 0 N–H and O–H groups in total. The molecular weight excluding hydrogens is 316 g/mol. The summed E-state index contributed by atoms with van der Waals surface area (Å²) in [7, 11) is 0. The molecule has 0 aliphatic carbocycles. The van der Waals surface area contributed by atoms with Gasteiger partial charge in [0.05, 0.1) is 6.04 Å². The highest BCUT2D eigenvalue weighted by atomic mass is 19.1. The van der Waals surface area contributed by atoms with Crippen molar-refractivity contribution in [2.24, 2.45) is 0 Å². The molecule has 3 heterocycles. The number of benzene rings is 1. The molecule has 0 spiro atoms. The summed E-state index contributed by atoms with van der Waals surface area (Å²) in [5.74, 6) is -1.42. The van der Waals surface area contributed by atoms with Crippen molar-refractivity contribution in [2.45, 2.75) is 37.8 Å². The number of carbonyl (C=O) groups excluding carboxylic acids is 2. The minimum absolute atomic E-state index is 0.0780. The number of carbonyl (C=O) groups is 2. The molecule has 1 aromatic carbocycles. The van der Waals surface area contributed by atoms with Gasteiger partial charge < -0.3 is 9.80 Å². The van der Waals surface area contributed by atoms with E-state index in [2.05, 4.69) is 0 Å². The SMILES string of the molecule is C[C@]12CCCN1C(=O)N([C@H]1CCN(c3c(F)cccc3F)C1)C2=O. The van der Waals surface area contributed by atoms with Gasteiger partial charge in [0.25, 0.3) is 5.91 Å². The average Bonchev–Trinajstić information content (AvgIpc) is 3.18. The van der Waals surface area contributed by atoms with Gasteiger partial charge in [0.1, 0.15) is 22.9 Å². The Morgan fingerprint density at radius 3 is 2.54 bits per heavy atom. The van der Waals surface area contributed by atoms with Crippen LogP contribution in [-0.2, 0) is 4.79 Å². The van der Waals surface area contributed by atoms with Gasteiger partial charge in [-0.05, 0) is 38.3 Å². The Morgan fingerprint density at radius 1 is 1.17 bits per heavy atom. The lowest BCUT2D eigenvalue weighted by Gasteiger charge is -2.24. The first-order valence-corrected chi connectivity index (χ1v) is 8.28. The summed E-state index contributed by atoms with van der Waals surface area (Å²) in [4.78, 5) is 30.0. The lowest BCUT2D eigenvalue weighted by molar-refractivity contribution is -0.133. The number of amides is 3. The predicted octanol–water partition coefficient (Wildman–Crippen LogP) is 2.36. The minimum Gasteiger partial charge on any atom is -0.365 e. The van der Waals surface area contributed by atoms with Crippen LogP contribution >= 0.6 is 0 Å². The van der Waals surface area contributed by atoms with Gasteiger partial charge in [-0.2, -0.15) is 0 Å². The highest BCUT2D eigenvalue weighted by Gasteiger charge is 2.58. The fraction of sp³-hybridized carbons (Fsp3) is 0.529. The van der Waals surface area contributed by atoms with Crippen LogP contribution in [0.25, 0.3) is 0 Å². The van der Waals surface area contributed by atoms with Crippen molar-refractivity contribution in [3.05, 3.63) is 29.8 Å². The van der Waals surface area contributed by atoms with E-state index < -0.39 is 17.2 Å². The molecule has 3 amide bonds. The number of fused-ring (bicyclic) bond motifs is 1. The second-order valence-electron chi connectivity index (χ2n) is 6.95. The van der Waals surface area contributed by atoms with Gasteiger partial charge >= 0.3 is 6.03 Å². The van der Waals surface area contributed by atoms with E-state index in [1.807, 2.05) is 6.92 Å². The first-order chi connectivity index (χ1) is 11.4. The Kier molecular flexibility index (Phi) is 3.30. The van der Waals surface area contributed by atoms with E-state index in [0.717, 1.165) is 6.42 Å². The molecule has 3 aliphatic rings. The molecule has 5 nitrogen and oxygen atoms in total. The van der Waals surface area contributed by atoms with E-state index in [1.165, 1.54) is 23.1 Å². The fourth-order valence-electron chi connectivity index (χ4n) is 4.24. The van der Waals surface area contributed by atoms with Crippen molar-refractivity contribution in [1.29, 1.82) is 0 Å². The standard InChI is InChI=1S/C17H19F2N3O2/c1-17-7-3-8-21(17)16(24)22(15(17)23)11-6-9-20(10-11)14-12(18)4-2-5-13(14)19/h2,4-5,11H,3,6-10H2,1H3/t11-,17+/m0/s1. The molecule has 0 saturated carbocycles. The number of imide groups is 1. The van der Waals surface area contributed by atoms with Gasteiger partial charge in [-0.15, -0.1) is 0 Å². The molecule has 0 radical (unpaired) electrons. The van der Waals surface area contributed by atoms with Gasteiger partial charge in [-0.3, -0.25) is 9.69 Å². The maximum absolute atomic E-state index is 14.0. The summed E-state index contributed by atoms with van der Waals surface area (Å²) in [6.45, 7) is 3.08. The maximum atomic E-state index is 14.0. The highest BCUT2D eigenvalue weighted by Crippen LogP contribution is 2.40. The molecule has 0 aromatic heterocycles. The van der Waals surface area contributed by atoms with E-state index in [9.17, 15) is 18.4 Å². The predicted molar refractivity (Wildman–Crippen MR) is 83.6 cm³/mol. The first kappa shape index (κ1) is 15.4. The summed E-state index contributed by atoms with van der Waals surface area (Å²) in [5.41, 5.74) is -0.820. The summed E-state index contributed by atoms with van der Waals surface area (Å²) < 4.78 is 27.9. The van der Waals surface area contributed by atoms with Crippen LogP contribution in [0.4, 0.5) is 19.3 Å². The Balaban J connectivity index is 1.58. The third-order valence-electron chi connectivity index (χ3n) is 5.54. The van der Waals surface area contributed by atoms with E-state index in [-0.39, 0.29) is 30.2 Å². The lowest BCUT2D eigenvalue weighted by Crippen LogP contribution is -2.45. The molecule has 24 heavy (non-hydrogen) atoms. The van der Waals surface area contributed by atoms with Gasteiger partial charge in [-0.25, -0.2) is 13.6 Å². The zero-order chi connectivity index (χ0) is 17.1. The maximum Gasteiger partial charge on any atom is 0.327 e. The number of rotatable bonds is 2. The number of urea groups is 1. The second kappa shape index (κ2) is 5.16. The minimum atomic E-state index is -0.742. The first-order valence-electron chi connectivity index (χ1n) is 8.28. The molecular formula is C17H19F2N3O2. The average molecular weight is 335 g/mol. The molecule has 4 rings (SSSR count). The van der Waals surface area contributed by atoms with Crippen LogP contribution < -0.4 is 4.90 Å². The van der Waals surface area contributed by atoms with Crippen LogP contribution in [-0.4, -0.2) is 53.0 Å². The third-order valence-corrected chi connectivity index (χ3v) is 5.54. The highest BCUT2D eigenvalue weighted by molar-refractivity contribution is 6.07. The molecule has 0 bridgehead atoms. The number of para-hydroxylation sites is 1. The topological polar surface area (TPSA) is 43.9 Å². The largest absolute Gasteiger partial charge is 0.365 e. The van der Waals surface area contributed by atoms with Crippen molar-refractivity contribution in [3.8, 4) is 0 Å². The number of halogens is 2. The van der Waals surface area contributed by atoms with Crippen LogP contribution in [0.2, 0.25) is 0 Å². The quantitative estimate of drug-likeness (QED) is 0.780. The van der Waals surface area contributed by atoms with E-state index in [0.29, 0.717) is 25.9 Å². The molecule has 0 unspecified atom stereocenters. The molecule has 3 aliphatic heterocycles. The van der Waals surface area contributed by atoms with Gasteiger partial charge in [0.15, 0.2) is 0 Å². The van der Waals surface area contributed by atoms with Gasteiger partial charge in [0.2, 0.25) is 0 Å². The van der Waals surface area contributed by atoms with Crippen molar-refractivity contribution in [2.75, 3.05) is 24.5 Å². The van der Waals surface area contributed by atoms with Gasteiger partial charge in [0, 0.05) is 19.6 Å². The summed E-state index contributed by atoms with van der Waals surface area (Å²) in [6.07, 6.45) is 2.03. The van der Waals surface area contributed by atoms with E-state index in [4.69, 9.17) is 0 Å². The monoisotopic (exact) mass is 335 g/mol. The zero-order valence-corrected chi connectivity index (χ0v) is 13.5. The normalized spacial score (nSPS) is 29.8. The number of nitrogens with zero attached hydrogens (tertiary/aromatic N) is 3. The molecule has 3 saturated heterocycles. The van der Waals surface area contributed by atoms with Crippen LogP contribution in [0.3, 0.4) is 0 Å². The molecule has 128 valence electrons. The zero-order valence-electron chi connectivity index (χ0n) is 13.5. The molecule has 3 fully saturated rings. The van der Waals surface area contributed by atoms with E-state index >= 15 is 0 Å².